The summed E-state index contributed by atoms with van der Waals surface area (Å²) in [7, 11) is 1.59. The topological polar surface area (TPSA) is 72.6 Å². The Hall–Kier alpha value is -1.85. The molecule has 1 aromatic heterocycles. The molecule has 0 fully saturated rings. The van der Waals surface area contributed by atoms with Gasteiger partial charge >= 0.3 is 5.97 Å². The normalized spacial score (nSPS) is 9.88. The minimum Gasteiger partial charge on any atom is -0.466 e. The van der Waals surface area contributed by atoms with E-state index in [4.69, 9.17) is 9.26 Å². The van der Waals surface area contributed by atoms with E-state index in [9.17, 15) is 9.59 Å². The Labute approximate surface area is 93.1 Å². The lowest BCUT2D eigenvalue weighted by Gasteiger charge is -2.14. The number of rotatable bonds is 5. The fourth-order valence-electron chi connectivity index (χ4n) is 1.11. The van der Waals surface area contributed by atoms with E-state index in [1.807, 2.05) is 0 Å². The van der Waals surface area contributed by atoms with Crippen molar-refractivity contribution in [3.63, 3.8) is 0 Å². The largest absolute Gasteiger partial charge is 0.466 e. The lowest BCUT2D eigenvalue weighted by molar-refractivity contribution is -0.143. The first-order valence-corrected chi connectivity index (χ1v) is 4.97. The van der Waals surface area contributed by atoms with Gasteiger partial charge in [0.2, 0.25) is 5.76 Å². The molecule has 0 saturated carbocycles. The molecular weight excluding hydrogens is 212 g/mol. The molecule has 1 heterocycles. The number of esters is 1. The van der Waals surface area contributed by atoms with Crippen molar-refractivity contribution in [1.29, 1.82) is 0 Å². The van der Waals surface area contributed by atoms with Crippen LogP contribution in [0.4, 0.5) is 0 Å². The van der Waals surface area contributed by atoms with Crippen LogP contribution in [0.15, 0.2) is 16.8 Å². The number of aromatic nitrogens is 1. The molecule has 1 amide bonds. The van der Waals surface area contributed by atoms with Crippen LogP contribution in [0.25, 0.3) is 0 Å². The minimum absolute atomic E-state index is 0.159. The van der Waals surface area contributed by atoms with E-state index in [1.165, 1.54) is 17.2 Å². The summed E-state index contributed by atoms with van der Waals surface area (Å²) in [5.41, 5.74) is 0. The van der Waals surface area contributed by atoms with Crippen LogP contribution in [0.3, 0.4) is 0 Å². The van der Waals surface area contributed by atoms with Crippen LogP contribution in [0, 0.1) is 0 Å². The van der Waals surface area contributed by atoms with Gasteiger partial charge in [-0.1, -0.05) is 5.16 Å². The first-order valence-electron chi connectivity index (χ1n) is 4.97. The number of amides is 1. The van der Waals surface area contributed by atoms with Crippen LogP contribution in [-0.2, 0) is 9.53 Å². The third-order valence-corrected chi connectivity index (χ3v) is 1.95. The number of carbonyl (C=O) groups is 2. The van der Waals surface area contributed by atoms with Gasteiger partial charge in [0.25, 0.3) is 5.91 Å². The SMILES string of the molecule is CCOC(=O)CCN(C)C(=O)c1ccno1. The lowest BCUT2D eigenvalue weighted by Crippen LogP contribution is -2.29. The fraction of sp³-hybridized carbons (Fsp3) is 0.500. The summed E-state index contributed by atoms with van der Waals surface area (Å²) in [5.74, 6) is -0.465. The molecule has 1 rings (SSSR count). The van der Waals surface area contributed by atoms with Gasteiger partial charge in [0.05, 0.1) is 19.2 Å². The molecule has 0 aliphatic heterocycles. The Morgan fingerprint density at radius 3 is 2.88 bits per heavy atom. The van der Waals surface area contributed by atoms with Crippen molar-refractivity contribution in [2.24, 2.45) is 0 Å². The molecular formula is C10H14N2O4. The van der Waals surface area contributed by atoms with Gasteiger partial charge in [-0.15, -0.1) is 0 Å². The first-order chi connectivity index (χ1) is 7.65. The van der Waals surface area contributed by atoms with Gasteiger partial charge in [0.1, 0.15) is 0 Å². The quantitative estimate of drug-likeness (QED) is 0.691. The predicted molar refractivity (Wildman–Crippen MR) is 54.7 cm³/mol. The standard InChI is InChI=1S/C10H14N2O4/c1-3-15-9(13)5-7-12(2)10(14)8-4-6-11-16-8/h4,6H,3,5,7H2,1-2H3. The molecule has 6 nitrogen and oxygen atoms in total. The second-order valence-corrected chi connectivity index (χ2v) is 3.16. The van der Waals surface area contributed by atoms with Gasteiger partial charge < -0.3 is 14.2 Å². The molecule has 0 aromatic carbocycles. The smallest absolute Gasteiger partial charge is 0.307 e. The zero-order valence-electron chi connectivity index (χ0n) is 9.30. The summed E-state index contributed by atoms with van der Waals surface area (Å²) in [5, 5.41) is 3.44. The van der Waals surface area contributed by atoms with Crippen LogP contribution in [0.1, 0.15) is 23.9 Å². The van der Waals surface area contributed by atoms with E-state index in [2.05, 4.69) is 5.16 Å². The van der Waals surface area contributed by atoms with Gasteiger partial charge in [0, 0.05) is 19.7 Å². The van der Waals surface area contributed by atoms with Gasteiger partial charge in [0.15, 0.2) is 0 Å². The van der Waals surface area contributed by atoms with Crippen LogP contribution in [0.5, 0.6) is 0 Å². The highest BCUT2D eigenvalue weighted by Crippen LogP contribution is 2.02. The van der Waals surface area contributed by atoms with Gasteiger partial charge in [-0.3, -0.25) is 9.59 Å². The van der Waals surface area contributed by atoms with Gasteiger partial charge in [-0.05, 0) is 6.92 Å². The van der Waals surface area contributed by atoms with Crippen LogP contribution in [0.2, 0.25) is 0 Å². The number of nitrogens with zero attached hydrogens (tertiary/aromatic N) is 2. The molecule has 16 heavy (non-hydrogen) atoms. The van der Waals surface area contributed by atoms with Crippen molar-refractivity contribution < 1.29 is 18.8 Å². The molecule has 6 heteroatoms. The highest BCUT2D eigenvalue weighted by molar-refractivity contribution is 5.91. The number of hydrogen-bond donors (Lipinski definition) is 0. The maximum absolute atomic E-state index is 11.6. The molecule has 0 radical (unpaired) electrons. The summed E-state index contributed by atoms with van der Waals surface area (Å²) in [6.07, 6.45) is 1.57. The maximum Gasteiger partial charge on any atom is 0.307 e. The van der Waals surface area contributed by atoms with E-state index in [0.29, 0.717) is 13.2 Å². The van der Waals surface area contributed by atoms with Crippen LogP contribution < -0.4 is 0 Å². The highest BCUT2D eigenvalue weighted by atomic mass is 16.5. The highest BCUT2D eigenvalue weighted by Gasteiger charge is 2.16. The molecule has 0 unspecified atom stereocenters. The van der Waals surface area contributed by atoms with Crippen molar-refractivity contribution >= 4 is 11.9 Å². The lowest BCUT2D eigenvalue weighted by atomic mass is 10.3. The van der Waals surface area contributed by atoms with E-state index in [0.717, 1.165) is 0 Å². The molecule has 1 aromatic rings. The molecule has 0 aliphatic rings. The molecule has 0 spiro atoms. The molecule has 0 N–H and O–H groups in total. The Bertz CT molecular complexity index is 348. The van der Waals surface area contributed by atoms with Crippen LogP contribution in [-0.4, -0.2) is 42.1 Å². The summed E-state index contributed by atoms with van der Waals surface area (Å²) in [6.45, 7) is 2.37. The molecule has 88 valence electrons. The predicted octanol–water partition coefficient (Wildman–Crippen LogP) is 0.700. The van der Waals surface area contributed by atoms with Crippen molar-refractivity contribution in [2.75, 3.05) is 20.2 Å². The number of carbonyl (C=O) groups excluding carboxylic acids is 2. The minimum atomic E-state index is -0.320. The Kier molecular flexibility index (Phi) is 4.50. The summed E-state index contributed by atoms with van der Waals surface area (Å²) in [6, 6.07) is 1.48. The average Bonchev–Trinajstić information content (AvgIpc) is 2.78. The van der Waals surface area contributed by atoms with Crippen molar-refractivity contribution in [3.05, 3.63) is 18.0 Å². The molecule has 0 saturated heterocycles. The summed E-state index contributed by atoms with van der Waals surface area (Å²) in [4.78, 5) is 24.1. The Morgan fingerprint density at radius 1 is 1.56 bits per heavy atom. The second kappa shape index (κ2) is 5.89. The summed E-state index contributed by atoms with van der Waals surface area (Å²) < 4.78 is 9.46. The Morgan fingerprint density at radius 2 is 2.31 bits per heavy atom. The van der Waals surface area contributed by atoms with Crippen molar-refractivity contribution in [1.82, 2.24) is 10.1 Å². The van der Waals surface area contributed by atoms with E-state index >= 15 is 0 Å². The van der Waals surface area contributed by atoms with Gasteiger partial charge in [-0.2, -0.15) is 0 Å². The zero-order valence-corrected chi connectivity index (χ0v) is 9.30. The number of ether oxygens (including phenoxy) is 1. The van der Waals surface area contributed by atoms with E-state index < -0.39 is 0 Å². The first kappa shape index (κ1) is 12.2. The third kappa shape index (κ3) is 3.38. The van der Waals surface area contributed by atoms with Gasteiger partial charge in [-0.25, -0.2) is 0 Å². The van der Waals surface area contributed by atoms with Crippen molar-refractivity contribution in [2.45, 2.75) is 13.3 Å². The second-order valence-electron chi connectivity index (χ2n) is 3.16. The van der Waals surface area contributed by atoms with Crippen LogP contribution >= 0.6 is 0 Å². The average molecular weight is 226 g/mol. The third-order valence-electron chi connectivity index (χ3n) is 1.95. The summed E-state index contributed by atoms with van der Waals surface area (Å²) >= 11 is 0. The molecule has 0 aliphatic carbocycles. The van der Waals surface area contributed by atoms with Crippen molar-refractivity contribution in [3.8, 4) is 0 Å². The fourth-order valence-corrected chi connectivity index (χ4v) is 1.11. The maximum atomic E-state index is 11.6. The molecule has 0 atom stereocenters. The zero-order chi connectivity index (χ0) is 12.0. The monoisotopic (exact) mass is 226 g/mol. The van der Waals surface area contributed by atoms with E-state index in [-0.39, 0.29) is 24.1 Å². The Balaban J connectivity index is 2.38. The molecule has 0 bridgehead atoms. The van der Waals surface area contributed by atoms with E-state index in [1.54, 1.807) is 14.0 Å². The number of hydrogen-bond acceptors (Lipinski definition) is 5.